The van der Waals surface area contributed by atoms with Gasteiger partial charge in [-0.15, -0.1) is 0 Å². The van der Waals surface area contributed by atoms with Gasteiger partial charge in [0, 0.05) is 23.6 Å². The Morgan fingerprint density at radius 3 is 2.23 bits per heavy atom. The quantitative estimate of drug-likeness (QED) is 0.298. The number of aliphatic hydroxyl groups excluding tert-OH is 1. The Kier molecular flexibility index (Phi) is 11.6. The zero-order valence-corrected chi connectivity index (χ0v) is 24.0. The van der Waals surface area contributed by atoms with Gasteiger partial charge in [0.2, 0.25) is 5.91 Å². The van der Waals surface area contributed by atoms with Crippen molar-refractivity contribution in [3.63, 3.8) is 0 Å². The normalized spacial score (nSPS) is 13.2. The van der Waals surface area contributed by atoms with Gasteiger partial charge in [-0.2, -0.15) is 0 Å². The molecule has 8 nitrogen and oxygen atoms in total. The SMILES string of the molecule is Cc1cc(O)c(C)c(C(=O)NC(Cc2ccccc2)C(O)C(=O)N(CC(=O)NCC(C)C)CC(F)(F)C(C)C)c1. The van der Waals surface area contributed by atoms with Crippen molar-refractivity contribution in [2.45, 2.75) is 66.0 Å². The lowest BCUT2D eigenvalue weighted by molar-refractivity contribution is -0.152. The van der Waals surface area contributed by atoms with Gasteiger partial charge in [0.05, 0.1) is 19.1 Å². The predicted molar refractivity (Wildman–Crippen MR) is 149 cm³/mol. The van der Waals surface area contributed by atoms with Crippen molar-refractivity contribution in [1.29, 1.82) is 0 Å². The Hall–Kier alpha value is -3.53. The van der Waals surface area contributed by atoms with E-state index in [-0.39, 0.29) is 23.7 Å². The summed E-state index contributed by atoms with van der Waals surface area (Å²) in [5.41, 5.74) is 1.75. The molecule has 10 heteroatoms. The third-order valence-corrected chi connectivity index (χ3v) is 6.62. The highest BCUT2D eigenvalue weighted by atomic mass is 19.3. The van der Waals surface area contributed by atoms with Gasteiger partial charge in [-0.1, -0.05) is 58.0 Å². The van der Waals surface area contributed by atoms with Crippen LogP contribution < -0.4 is 10.6 Å². The first-order chi connectivity index (χ1) is 18.6. The van der Waals surface area contributed by atoms with Gasteiger partial charge in [0.1, 0.15) is 5.75 Å². The largest absolute Gasteiger partial charge is 0.508 e. The molecule has 0 radical (unpaired) electrons. The minimum atomic E-state index is -3.33. The summed E-state index contributed by atoms with van der Waals surface area (Å²) in [6.07, 6.45) is -1.94. The first-order valence-corrected chi connectivity index (χ1v) is 13.4. The van der Waals surface area contributed by atoms with Crippen LogP contribution in [0.2, 0.25) is 0 Å². The Bertz CT molecular complexity index is 1170. The third kappa shape index (κ3) is 9.29. The van der Waals surface area contributed by atoms with E-state index in [9.17, 15) is 33.4 Å². The third-order valence-electron chi connectivity index (χ3n) is 6.62. The number of amides is 3. The van der Waals surface area contributed by atoms with Crippen LogP contribution in [0.5, 0.6) is 5.75 Å². The zero-order valence-electron chi connectivity index (χ0n) is 24.0. The summed E-state index contributed by atoms with van der Waals surface area (Å²) < 4.78 is 29.6. The summed E-state index contributed by atoms with van der Waals surface area (Å²) in [5, 5.41) is 26.7. The van der Waals surface area contributed by atoms with E-state index in [2.05, 4.69) is 10.6 Å². The van der Waals surface area contributed by atoms with Gasteiger partial charge in [-0.25, -0.2) is 8.78 Å². The summed E-state index contributed by atoms with van der Waals surface area (Å²) in [7, 11) is 0. The summed E-state index contributed by atoms with van der Waals surface area (Å²) in [4.78, 5) is 40.0. The average molecular weight is 562 g/mol. The number of rotatable bonds is 13. The van der Waals surface area contributed by atoms with E-state index in [1.165, 1.54) is 19.9 Å². The van der Waals surface area contributed by atoms with Crippen molar-refractivity contribution in [3.8, 4) is 5.75 Å². The first-order valence-electron chi connectivity index (χ1n) is 13.4. The molecule has 0 heterocycles. The Morgan fingerprint density at radius 2 is 1.65 bits per heavy atom. The number of alkyl halides is 2. The fourth-order valence-electron chi connectivity index (χ4n) is 3.99. The monoisotopic (exact) mass is 561 g/mol. The molecule has 0 aromatic heterocycles. The highest BCUT2D eigenvalue weighted by Gasteiger charge is 2.40. The number of halogens is 2. The number of phenolic OH excluding ortho intramolecular Hbond substituents is 1. The molecular weight excluding hydrogens is 520 g/mol. The summed E-state index contributed by atoms with van der Waals surface area (Å²) >= 11 is 0. The number of nitrogens with one attached hydrogen (secondary N) is 2. The second kappa shape index (κ2) is 14.2. The van der Waals surface area contributed by atoms with Crippen LogP contribution in [-0.2, 0) is 16.0 Å². The molecule has 0 aliphatic rings. The van der Waals surface area contributed by atoms with Gasteiger partial charge in [-0.05, 0) is 49.4 Å². The molecular formula is C30H41F2N3O5. The molecule has 3 amide bonds. The molecule has 220 valence electrons. The van der Waals surface area contributed by atoms with Crippen LogP contribution in [0, 0.1) is 25.7 Å². The second-order valence-electron chi connectivity index (χ2n) is 11.0. The second-order valence-corrected chi connectivity index (χ2v) is 11.0. The average Bonchev–Trinajstić information content (AvgIpc) is 2.88. The Balaban J connectivity index is 2.41. The number of carbonyl (C=O) groups excluding carboxylic acids is 3. The molecule has 0 fully saturated rings. The number of aliphatic hydroxyl groups is 1. The number of aryl methyl sites for hydroxylation is 1. The number of aromatic hydroxyl groups is 1. The van der Waals surface area contributed by atoms with E-state index in [0.717, 1.165) is 0 Å². The minimum absolute atomic E-state index is 0.00426. The summed E-state index contributed by atoms with van der Waals surface area (Å²) in [5.74, 6) is -6.84. The Labute approximate surface area is 234 Å². The van der Waals surface area contributed by atoms with Crippen molar-refractivity contribution < 1.29 is 33.4 Å². The minimum Gasteiger partial charge on any atom is -0.508 e. The van der Waals surface area contributed by atoms with Crippen molar-refractivity contribution in [3.05, 3.63) is 64.7 Å². The maximum absolute atomic E-state index is 14.8. The number of nitrogens with zero attached hydrogens (tertiary/aromatic N) is 1. The van der Waals surface area contributed by atoms with E-state index < -0.39 is 54.8 Å². The number of phenols is 1. The summed E-state index contributed by atoms with van der Waals surface area (Å²) in [6, 6.07) is 10.6. The molecule has 2 aromatic carbocycles. The van der Waals surface area contributed by atoms with Crippen molar-refractivity contribution in [2.75, 3.05) is 19.6 Å². The Morgan fingerprint density at radius 1 is 1.02 bits per heavy atom. The molecule has 0 aliphatic carbocycles. The topological polar surface area (TPSA) is 119 Å². The fraction of sp³-hybridized carbons (Fsp3) is 0.500. The van der Waals surface area contributed by atoms with Crippen LogP contribution in [0.4, 0.5) is 8.78 Å². The van der Waals surface area contributed by atoms with Crippen LogP contribution in [0.1, 0.15) is 54.7 Å². The molecule has 2 unspecified atom stereocenters. The first kappa shape index (κ1) is 32.7. The van der Waals surface area contributed by atoms with E-state index in [4.69, 9.17) is 0 Å². The van der Waals surface area contributed by atoms with Gasteiger partial charge in [0.15, 0.2) is 6.10 Å². The lowest BCUT2D eigenvalue weighted by atomic mass is 9.98. The molecule has 2 aromatic rings. The van der Waals surface area contributed by atoms with Crippen molar-refractivity contribution >= 4 is 17.7 Å². The number of carbonyl (C=O) groups is 3. The van der Waals surface area contributed by atoms with Gasteiger partial charge < -0.3 is 25.7 Å². The van der Waals surface area contributed by atoms with Crippen molar-refractivity contribution in [2.24, 2.45) is 11.8 Å². The maximum Gasteiger partial charge on any atom is 0.267 e. The van der Waals surface area contributed by atoms with Crippen molar-refractivity contribution in [1.82, 2.24) is 15.5 Å². The van der Waals surface area contributed by atoms with E-state index in [1.807, 2.05) is 13.8 Å². The molecule has 0 saturated heterocycles. The molecule has 0 bridgehead atoms. The van der Waals surface area contributed by atoms with E-state index in [0.29, 0.717) is 28.1 Å². The van der Waals surface area contributed by atoms with Crippen LogP contribution in [0.3, 0.4) is 0 Å². The van der Waals surface area contributed by atoms with E-state index >= 15 is 0 Å². The standard InChI is InChI=1S/C30H41F2N3O5/c1-18(2)15-33-26(37)16-35(17-30(31,32)19(3)4)29(40)27(38)24(14-22-10-8-7-9-11-22)34-28(39)23-12-20(5)13-25(36)21(23)6/h7-13,18-19,24,27,36,38H,14-17H2,1-6H3,(H,33,37)(H,34,39). The molecule has 0 spiro atoms. The van der Waals surface area contributed by atoms with Gasteiger partial charge in [-0.3, -0.25) is 14.4 Å². The van der Waals surface area contributed by atoms with Crippen LogP contribution in [0.15, 0.2) is 42.5 Å². The van der Waals surface area contributed by atoms with Crippen LogP contribution >= 0.6 is 0 Å². The molecule has 0 aliphatic heterocycles. The lowest BCUT2D eigenvalue weighted by Crippen LogP contribution is -2.56. The van der Waals surface area contributed by atoms with Crippen LogP contribution in [-0.4, -0.2) is 70.5 Å². The molecule has 2 rings (SSSR count). The zero-order chi connectivity index (χ0) is 30.2. The summed E-state index contributed by atoms with van der Waals surface area (Å²) in [6.45, 7) is 8.13. The van der Waals surface area contributed by atoms with E-state index in [1.54, 1.807) is 50.2 Å². The number of hydrogen-bond acceptors (Lipinski definition) is 5. The fourth-order valence-corrected chi connectivity index (χ4v) is 3.99. The predicted octanol–water partition coefficient (Wildman–Crippen LogP) is 3.60. The smallest absolute Gasteiger partial charge is 0.267 e. The van der Waals surface area contributed by atoms with Gasteiger partial charge in [0.25, 0.3) is 17.7 Å². The molecule has 2 atom stereocenters. The lowest BCUT2D eigenvalue weighted by Gasteiger charge is -2.33. The van der Waals surface area contributed by atoms with Gasteiger partial charge >= 0.3 is 0 Å². The maximum atomic E-state index is 14.8. The number of benzene rings is 2. The highest BCUT2D eigenvalue weighted by Crippen LogP contribution is 2.26. The number of hydrogen-bond donors (Lipinski definition) is 4. The van der Waals surface area contributed by atoms with Crippen LogP contribution in [0.25, 0.3) is 0 Å². The molecule has 0 saturated carbocycles. The highest BCUT2D eigenvalue weighted by molar-refractivity contribution is 5.97. The molecule has 4 N–H and O–H groups in total. The molecule has 40 heavy (non-hydrogen) atoms.